The van der Waals surface area contributed by atoms with Gasteiger partial charge in [-0.25, -0.2) is 4.68 Å². The minimum atomic E-state index is -0.0898. The third-order valence-corrected chi connectivity index (χ3v) is 5.59. The van der Waals surface area contributed by atoms with Crippen LogP contribution in [0.15, 0.2) is 15.8 Å². The molecule has 0 aromatic carbocycles. The van der Waals surface area contributed by atoms with Crippen LogP contribution < -0.4 is 10.7 Å². The Morgan fingerprint density at radius 2 is 2.14 bits per heavy atom. The van der Waals surface area contributed by atoms with E-state index in [1.807, 2.05) is 11.6 Å². The van der Waals surface area contributed by atoms with E-state index >= 15 is 0 Å². The van der Waals surface area contributed by atoms with Crippen molar-refractivity contribution in [3.05, 3.63) is 16.4 Å². The van der Waals surface area contributed by atoms with Gasteiger partial charge in [0, 0.05) is 19.2 Å². The van der Waals surface area contributed by atoms with Crippen LogP contribution >= 0.6 is 11.8 Å². The minimum absolute atomic E-state index is 0.0898. The van der Waals surface area contributed by atoms with Gasteiger partial charge in [0.05, 0.1) is 0 Å². The number of fused-ring (bicyclic) bond motifs is 1. The van der Waals surface area contributed by atoms with Crippen molar-refractivity contribution in [1.82, 2.24) is 20.2 Å². The van der Waals surface area contributed by atoms with Crippen LogP contribution in [0.3, 0.4) is 0 Å². The third-order valence-electron chi connectivity index (χ3n) is 4.45. The van der Waals surface area contributed by atoms with Crippen LogP contribution in [-0.2, 0) is 11.2 Å². The van der Waals surface area contributed by atoms with Crippen molar-refractivity contribution in [2.45, 2.75) is 57.0 Å². The van der Waals surface area contributed by atoms with Crippen LogP contribution in [0.5, 0.6) is 0 Å². The van der Waals surface area contributed by atoms with Crippen molar-refractivity contribution in [2.24, 2.45) is 5.92 Å². The number of nitrogens with one attached hydrogen (secondary N) is 2. The molecule has 22 heavy (non-hydrogen) atoms. The first-order valence-electron chi connectivity index (χ1n) is 8.01. The Labute approximate surface area is 135 Å². The molecule has 0 spiro atoms. The van der Waals surface area contributed by atoms with Gasteiger partial charge in [-0.05, 0) is 31.0 Å². The van der Waals surface area contributed by atoms with Crippen molar-refractivity contribution in [3.63, 3.8) is 0 Å². The second-order valence-corrected chi connectivity index (χ2v) is 7.00. The Kier molecular flexibility index (Phi) is 4.71. The van der Waals surface area contributed by atoms with E-state index in [4.69, 9.17) is 0 Å². The molecule has 1 aromatic heterocycles. The zero-order chi connectivity index (χ0) is 15.5. The van der Waals surface area contributed by atoms with Gasteiger partial charge < -0.3 is 5.32 Å². The molecule has 2 aliphatic rings. The van der Waals surface area contributed by atoms with Gasteiger partial charge in [-0.1, -0.05) is 32.1 Å². The molecule has 0 bridgehead atoms. The molecule has 1 aliphatic carbocycles. The maximum Gasteiger partial charge on any atom is 0.259 e. The van der Waals surface area contributed by atoms with E-state index in [0.717, 1.165) is 29.0 Å². The molecule has 0 atom stereocenters. The van der Waals surface area contributed by atoms with Gasteiger partial charge in [-0.3, -0.25) is 10.2 Å². The summed E-state index contributed by atoms with van der Waals surface area (Å²) in [5.41, 5.74) is 4.09. The number of allylic oxidation sites excluding steroid dienone is 1. The summed E-state index contributed by atoms with van der Waals surface area (Å²) in [6, 6.07) is 0. The van der Waals surface area contributed by atoms with Crippen molar-refractivity contribution < 1.29 is 4.79 Å². The average Bonchev–Trinajstić information content (AvgIpc) is 2.94. The number of aromatic nitrogens is 3. The highest BCUT2D eigenvalue weighted by molar-refractivity contribution is 8.03. The van der Waals surface area contributed by atoms with Gasteiger partial charge in [0.25, 0.3) is 5.91 Å². The molecule has 7 heteroatoms. The summed E-state index contributed by atoms with van der Waals surface area (Å²) in [5, 5.41) is 11.9. The van der Waals surface area contributed by atoms with E-state index in [-0.39, 0.29) is 5.91 Å². The number of amides is 1. The number of hydrogen-bond acceptors (Lipinski definition) is 5. The van der Waals surface area contributed by atoms with E-state index in [0.29, 0.717) is 4.91 Å². The Balaban J connectivity index is 1.67. The fourth-order valence-corrected chi connectivity index (χ4v) is 4.07. The molecule has 0 saturated heterocycles. The first-order valence-corrected chi connectivity index (χ1v) is 8.83. The summed E-state index contributed by atoms with van der Waals surface area (Å²) in [7, 11) is 1.64. The summed E-state index contributed by atoms with van der Waals surface area (Å²) in [6.07, 6.45) is 8.94. The van der Waals surface area contributed by atoms with E-state index in [1.54, 1.807) is 7.05 Å². The van der Waals surface area contributed by atoms with Crippen LogP contribution in [0.1, 0.15) is 51.3 Å². The normalized spacial score (nSPS) is 18.8. The Morgan fingerprint density at radius 3 is 2.86 bits per heavy atom. The molecule has 0 radical (unpaired) electrons. The number of carbonyl (C=O) groups excluding carboxylic acids is 1. The highest BCUT2D eigenvalue weighted by Gasteiger charge is 2.25. The first-order chi connectivity index (χ1) is 10.7. The smallest absolute Gasteiger partial charge is 0.259 e. The van der Waals surface area contributed by atoms with Gasteiger partial charge in [0.15, 0.2) is 5.82 Å². The maximum absolute atomic E-state index is 11.8. The zero-order valence-electron chi connectivity index (χ0n) is 13.2. The molecule has 0 unspecified atom stereocenters. The van der Waals surface area contributed by atoms with Gasteiger partial charge in [0.2, 0.25) is 5.16 Å². The van der Waals surface area contributed by atoms with Gasteiger partial charge >= 0.3 is 0 Å². The number of carbonyl (C=O) groups is 1. The van der Waals surface area contributed by atoms with Crippen molar-refractivity contribution in [3.8, 4) is 0 Å². The molecule has 2 heterocycles. The van der Waals surface area contributed by atoms with Gasteiger partial charge in [-0.2, -0.15) is 0 Å². The predicted octanol–water partition coefficient (Wildman–Crippen LogP) is 2.42. The van der Waals surface area contributed by atoms with E-state index < -0.39 is 0 Å². The lowest BCUT2D eigenvalue weighted by Crippen LogP contribution is -2.27. The Bertz CT molecular complexity index is 589. The number of likely N-dealkylation sites (N-methyl/N-ethyl adjacent to an activating group) is 1. The number of aryl methyl sites for hydroxylation is 1. The standard InChI is InChI=1S/C15H23N5OS/c1-10-13(14(21)16-2)22-15-18-17-12(20(15)19-10)9-8-11-6-4-3-5-7-11/h11,19H,3-9H2,1-2H3,(H,16,21). The molecule has 1 fully saturated rings. The van der Waals surface area contributed by atoms with Crippen LogP contribution in [0.4, 0.5) is 0 Å². The fraction of sp³-hybridized carbons (Fsp3) is 0.667. The molecular formula is C15H23N5OS. The molecule has 2 N–H and O–H groups in total. The van der Waals surface area contributed by atoms with E-state index in [9.17, 15) is 4.79 Å². The molecule has 1 saturated carbocycles. The SMILES string of the molecule is CNC(=O)C1=C(C)Nn2c(CCC3CCCCC3)nnc2S1. The van der Waals surface area contributed by atoms with Gasteiger partial charge in [0.1, 0.15) is 4.91 Å². The molecular weight excluding hydrogens is 298 g/mol. The summed E-state index contributed by atoms with van der Waals surface area (Å²) >= 11 is 1.37. The number of rotatable bonds is 4. The molecule has 1 aliphatic heterocycles. The number of nitrogens with zero attached hydrogens (tertiary/aromatic N) is 3. The largest absolute Gasteiger partial charge is 0.355 e. The second-order valence-electron chi connectivity index (χ2n) is 6.02. The van der Waals surface area contributed by atoms with Crippen LogP contribution in [-0.4, -0.2) is 27.8 Å². The monoisotopic (exact) mass is 321 g/mol. The highest BCUT2D eigenvalue weighted by Crippen LogP contribution is 2.32. The minimum Gasteiger partial charge on any atom is -0.355 e. The van der Waals surface area contributed by atoms with Crippen molar-refractivity contribution in [1.29, 1.82) is 0 Å². The summed E-state index contributed by atoms with van der Waals surface area (Å²) in [4.78, 5) is 12.5. The lowest BCUT2D eigenvalue weighted by Gasteiger charge is -2.23. The average molecular weight is 321 g/mol. The molecule has 120 valence electrons. The zero-order valence-corrected chi connectivity index (χ0v) is 14.0. The topological polar surface area (TPSA) is 71.8 Å². The van der Waals surface area contributed by atoms with Gasteiger partial charge in [-0.15, -0.1) is 10.2 Å². The summed E-state index contributed by atoms with van der Waals surface area (Å²) in [5.74, 6) is 1.70. The number of hydrogen-bond donors (Lipinski definition) is 2. The summed E-state index contributed by atoms with van der Waals surface area (Å²) in [6.45, 7) is 1.91. The van der Waals surface area contributed by atoms with E-state index in [2.05, 4.69) is 20.9 Å². The molecule has 3 rings (SSSR count). The Hall–Kier alpha value is -1.50. The summed E-state index contributed by atoms with van der Waals surface area (Å²) < 4.78 is 1.93. The fourth-order valence-electron chi connectivity index (χ4n) is 3.17. The molecule has 1 amide bonds. The lowest BCUT2D eigenvalue weighted by molar-refractivity contribution is -0.116. The maximum atomic E-state index is 11.8. The quantitative estimate of drug-likeness (QED) is 0.891. The second kappa shape index (κ2) is 6.73. The van der Waals surface area contributed by atoms with Crippen LogP contribution in [0.25, 0.3) is 0 Å². The van der Waals surface area contributed by atoms with Crippen molar-refractivity contribution in [2.75, 3.05) is 12.5 Å². The lowest BCUT2D eigenvalue weighted by atomic mass is 9.86. The first kappa shape index (κ1) is 15.4. The van der Waals surface area contributed by atoms with E-state index in [1.165, 1.54) is 50.3 Å². The molecule has 6 nitrogen and oxygen atoms in total. The third kappa shape index (κ3) is 3.14. The molecule has 1 aromatic rings. The van der Waals surface area contributed by atoms with Crippen molar-refractivity contribution >= 4 is 17.7 Å². The highest BCUT2D eigenvalue weighted by atomic mass is 32.2. The number of thioether (sulfide) groups is 1. The Morgan fingerprint density at radius 1 is 1.36 bits per heavy atom. The van der Waals surface area contributed by atoms with Crippen LogP contribution in [0, 0.1) is 5.92 Å². The predicted molar refractivity (Wildman–Crippen MR) is 86.9 cm³/mol. The van der Waals surface area contributed by atoms with Crippen LogP contribution in [0.2, 0.25) is 0 Å².